The minimum atomic E-state index is -0.498. The molecule has 1 aliphatic rings. The van der Waals surface area contributed by atoms with Gasteiger partial charge in [0, 0.05) is 33.8 Å². The van der Waals surface area contributed by atoms with E-state index in [1.54, 1.807) is 12.0 Å². The third-order valence-electron chi connectivity index (χ3n) is 4.45. The summed E-state index contributed by atoms with van der Waals surface area (Å²) in [6.07, 6.45) is 0.588. The van der Waals surface area contributed by atoms with E-state index in [1.165, 1.54) is 5.56 Å². The highest BCUT2D eigenvalue weighted by Gasteiger charge is 2.44. The summed E-state index contributed by atoms with van der Waals surface area (Å²) in [5.41, 5.74) is 0.444. The van der Waals surface area contributed by atoms with E-state index in [1.807, 2.05) is 33.9 Å². The van der Waals surface area contributed by atoms with Crippen LogP contribution in [0.5, 0.6) is 0 Å². The molecular weight excluding hydrogens is 304 g/mol. The number of hydrogen-bond acceptors (Lipinski definition) is 4. The minimum Gasteiger partial charge on any atom is -0.444 e. The maximum absolute atomic E-state index is 12.5. The lowest BCUT2D eigenvalue weighted by Gasteiger charge is -2.39. The molecular formula is C19H30N2O3. The molecule has 1 amide bonds. The summed E-state index contributed by atoms with van der Waals surface area (Å²) in [6.45, 7) is 8.77. The molecule has 1 atom stereocenters. The van der Waals surface area contributed by atoms with E-state index in [0.717, 1.165) is 26.1 Å². The van der Waals surface area contributed by atoms with Crippen molar-refractivity contribution in [3.05, 3.63) is 35.9 Å². The van der Waals surface area contributed by atoms with E-state index >= 15 is 0 Å². The van der Waals surface area contributed by atoms with Gasteiger partial charge in [0.05, 0.1) is 12.1 Å². The second kappa shape index (κ2) is 7.53. The SMILES string of the molecule is COCC1(N(C)C(=O)OC(C)(C)C)CCN(Cc2ccccc2)C1. The van der Waals surface area contributed by atoms with Gasteiger partial charge in [0.2, 0.25) is 0 Å². The molecule has 134 valence electrons. The number of carbonyl (C=O) groups is 1. The Labute approximate surface area is 145 Å². The molecule has 0 aliphatic carbocycles. The van der Waals surface area contributed by atoms with Gasteiger partial charge in [-0.2, -0.15) is 0 Å². The molecule has 1 unspecified atom stereocenters. The molecule has 1 aliphatic heterocycles. The van der Waals surface area contributed by atoms with Gasteiger partial charge in [-0.1, -0.05) is 30.3 Å². The minimum absolute atomic E-state index is 0.291. The number of amides is 1. The van der Waals surface area contributed by atoms with Crippen molar-refractivity contribution in [2.45, 2.75) is 44.9 Å². The van der Waals surface area contributed by atoms with Crippen LogP contribution in [0, 0.1) is 0 Å². The van der Waals surface area contributed by atoms with E-state index in [4.69, 9.17) is 9.47 Å². The Kier molecular flexibility index (Phi) is 5.88. The van der Waals surface area contributed by atoms with Crippen LogP contribution in [-0.4, -0.2) is 60.9 Å². The zero-order chi connectivity index (χ0) is 17.8. The second-order valence-corrected chi connectivity index (χ2v) is 7.64. The number of nitrogens with zero attached hydrogens (tertiary/aromatic N) is 2. The van der Waals surface area contributed by atoms with Crippen molar-refractivity contribution in [3.8, 4) is 0 Å². The Morgan fingerprint density at radius 1 is 1.29 bits per heavy atom. The molecule has 5 nitrogen and oxygen atoms in total. The first-order valence-corrected chi connectivity index (χ1v) is 8.48. The fourth-order valence-electron chi connectivity index (χ4n) is 3.20. The summed E-state index contributed by atoms with van der Waals surface area (Å²) in [6, 6.07) is 10.4. The quantitative estimate of drug-likeness (QED) is 0.829. The molecule has 0 N–H and O–H groups in total. The van der Waals surface area contributed by atoms with Crippen molar-refractivity contribution in [2.75, 3.05) is 33.9 Å². The predicted molar refractivity (Wildman–Crippen MR) is 94.9 cm³/mol. The third kappa shape index (κ3) is 4.71. The molecule has 5 heteroatoms. The summed E-state index contributed by atoms with van der Waals surface area (Å²) < 4.78 is 11.0. The monoisotopic (exact) mass is 334 g/mol. The Bertz CT molecular complexity index is 541. The highest BCUT2D eigenvalue weighted by Crippen LogP contribution is 2.30. The van der Waals surface area contributed by atoms with Gasteiger partial charge >= 0.3 is 6.09 Å². The Morgan fingerprint density at radius 3 is 2.54 bits per heavy atom. The molecule has 0 aromatic heterocycles. The fraction of sp³-hybridized carbons (Fsp3) is 0.632. The van der Waals surface area contributed by atoms with Crippen molar-refractivity contribution >= 4 is 6.09 Å². The van der Waals surface area contributed by atoms with Crippen LogP contribution in [0.25, 0.3) is 0 Å². The summed E-state index contributed by atoms with van der Waals surface area (Å²) in [4.78, 5) is 16.6. The predicted octanol–water partition coefficient (Wildman–Crippen LogP) is 3.14. The van der Waals surface area contributed by atoms with Crippen LogP contribution < -0.4 is 0 Å². The second-order valence-electron chi connectivity index (χ2n) is 7.64. The van der Waals surface area contributed by atoms with Gasteiger partial charge in [-0.3, -0.25) is 4.90 Å². The van der Waals surface area contributed by atoms with Crippen LogP contribution in [0.3, 0.4) is 0 Å². The van der Waals surface area contributed by atoms with Gasteiger partial charge in [0.25, 0.3) is 0 Å². The molecule has 0 radical (unpaired) electrons. The lowest BCUT2D eigenvalue weighted by atomic mass is 9.98. The van der Waals surface area contributed by atoms with E-state index in [2.05, 4.69) is 29.2 Å². The number of ether oxygens (including phenoxy) is 2. The number of likely N-dealkylation sites (N-methyl/N-ethyl adjacent to an activating group) is 1. The van der Waals surface area contributed by atoms with Gasteiger partial charge in [0.15, 0.2) is 0 Å². The summed E-state index contributed by atoms with van der Waals surface area (Å²) in [5, 5.41) is 0. The highest BCUT2D eigenvalue weighted by molar-refractivity contribution is 5.69. The molecule has 1 fully saturated rings. The average Bonchev–Trinajstić information content (AvgIpc) is 2.90. The van der Waals surface area contributed by atoms with Crippen molar-refractivity contribution in [3.63, 3.8) is 0 Å². The van der Waals surface area contributed by atoms with Crippen molar-refractivity contribution in [1.29, 1.82) is 0 Å². The van der Waals surface area contributed by atoms with Gasteiger partial charge in [-0.05, 0) is 32.8 Å². The summed E-state index contributed by atoms with van der Waals surface area (Å²) >= 11 is 0. The highest BCUT2D eigenvalue weighted by atomic mass is 16.6. The number of methoxy groups -OCH3 is 1. The van der Waals surface area contributed by atoms with Gasteiger partial charge in [0.1, 0.15) is 5.60 Å². The van der Waals surface area contributed by atoms with Gasteiger partial charge in [-0.15, -0.1) is 0 Å². The Balaban J connectivity index is 2.07. The van der Waals surface area contributed by atoms with Crippen molar-refractivity contribution in [1.82, 2.24) is 9.80 Å². The molecule has 0 spiro atoms. The zero-order valence-corrected chi connectivity index (χ0v) is 15.5. The maximum atomic E-state index is 12.5. The fourth-order valence-corrected chi connectivity index (χ4v) is 3.20. The van der Waals surface area contributed by atoms with E-state index in [-0.39, 0.29) is 11.6 Å². The number of hydrogen-bond donors (Lipinski definition) is 0. The lowest BCUT2D eigenvalue weighted by Crippen LogP contribution is -2.55. The molecule has 24 heavy (non-hydrogen) atoms. The van der Waals surface area contributed by atoms with Crippen LogP contribution in [0.2, 0.25) is 0 Å². The summed E-state index contributed by atoms with van der Waals surface area (Å²) in [7, 11) is 3.50. The van der Waals surface area contributed by atoms with E-state index in [9.17, 15) is 4.79 Å². The van der Waals surface area contributed by atoms with Crippen molar-refractivity contribution < 1.29 is 14.3 Å². The number of likely N-dealkylation sites (tertiary alicyclic amines) is 1. The van der Waals surface area contributed by atoms with Gasteiger partial charge < -0.3 is 14.4 Å². The van der Waals surface area contributed by atoms with Crippen molar-refractivity contribution in [2.24, 2.45) is 0 Å². The molecule has 0 bridgehead atoms. The standard InChI is InChI=1S/C19H30N2O3/c1-18(2,3)24-17(22)20(4)19(15-23-5)11-12-21(14-19)13-16-9-7-6-8-10-16/h6-10H,11-15H2,1-5H3. The van der Waals surface area contributed by atoms with E-state index in [0.29, 0.717) is 6.61 Å². The van der Waals surface area contributed by atoms with Gasteiger partial charge in [-0.25, -0.2) is 4.79 Å². The molecule has 1 aromatic rings. The average molecular weight is 334 g/mol. The lowest BCUT2D eigenvalue weighted by molar-refractivity contribution is -0.0136. The third-order valence-corrected chi connectivity index (χ3v) is 4.45. The number of carbonyl (C=O) groups excluding carboxylic acids is 1. The Morgan fingerprint density at radius 2 is 1.96 bits per heavy atom. The first kappa shape index (κ1) is 18.7. The molecule has 0 saturated carbocycles. The molecule has 2 rings (SSSR count). The molecule has 1 aromatic carbocycles. The van der Waals surface area contributed by atoms with E-state index < -0.39 is 5.60 Å². The first-order valence-electron chi connectivity index (χ1n) is 8.48. The van der Waals surface area contributed by atoms with Crippen LogP contribution in [0.4, 0.5) is 4.79 Å². The first-order chi connectivity index (χ1) is 11.3. The number of benzene rings is 1. The summed E-state index contributed by atoms with van der Waals surface area (Å²) in [5.74, 6) is 0. The molecule has 1 heterocycles. The maximum Gasteiger partial charge on any atom is 0.410 e. The smallest absolute Gasteiger partial charge is 0.410 e. The molecule has 1 saturated heterocycles. The van der Waals surface area contributed by atoms with Crippen LogP contribution in [0.1, 0.15) is 32.8 Å². The zero-order valence-electron chi connectivity index (χ0n) is 15.5. The van der Waals surface area contributed by atoms with Crippen LogP contribution in [0.15, 0.2) is 30.3 Å². The Hall–Kier alpha value is -1.59. The largest absolute Gasteiger partial charge is 0.444 e. The topological polar surface area (TPSA) is 42.0 Å². The number of rotatable bonds is 5. The normalized spacial score (nSPS) is 21.7. The van der Waals surface area contributed by atoms with Crippen LogP contribution >= 0.6 is 0 Å². The van der Waals surface area contributed by atoms with Crippen LogP contribution in [-0.2, 0) is 16.0 Å².